The monoisotopic (exact) mass is 310 g/mol. The van der Waals surface area contributed by atoms with Crippen molar-refractivity contribution >= 4 is 28.3 Å². The summed E-state index contributed by atoms with van der Waals surface area (Å²) >= 11 is 5.76. The van der Waals surface area contributed by atoms with Crippen LogP contribution in [-0.4, -0.2) is 22.8 Å². The molecule has 0 N–H and O–H groups in total. The zero-order valence-electron chi connectivity index (χ0n) is 12.2. The Morgan fingerprint density at radius 3 is 2.64 bits per heavy atom. The number of aromatic nitrogens is 1. The van der Waals surface area contributed by atoms with E-state index in [2.05, 4.69) is 23.2 Å². The topological polar surface area (TPSA) is 33.2 Å². The number of fused-ring (bicyclic) bond motifs is 1. The first kappa shape index (κ1) is 14.5. The third-order valence-corrected chi connectivity index (χ3v) is 3.83. The van der Waals surface area contributed by atoms with E-state index in [4.69, 9.17) is 11.6 Å². The minimum absolute atomic E-state index is 0.0721. The van der Waals surface area contributed by atoms with Gasteiger partial charge in [0, 0.05) is 19.8 Å². The average Bonchev–Trinajstić information content (AvgIpc) is 2.55. The molecule has 3 nitrogen and oxygen atoms in total. The van der Waals surface area contributed by atoms with Gasteiger partial charge in [-0.25, -0.2) is 4.98 Å². The highest BCUT2D eigenvalue weighted by molar-refractivity contribution is 6.29. The normalized spacial score (nSPS) is 10.6. The van der Waals surface area contributed by atoms with Gasteiger partial charge in [0.15, 0.2) is 0 Å². The van der Waals surface area contributed by atoms with Crippen molar-refractivity contribution in [1.82, 2.24) is 9.88 Å². The second-order valence-corrected chi connectivity index (χ2v) is 5.56. The first-order valence-corrected chi connectivity index (χ1v) is 7.36. The van der Waals surface area contributed by atoms with E-state index in [0.717, 1.165) is 5.56 Å². The summed E-state index contributed by atoms with van der Waals surface area (Å²) in [5.41, 5.74) is 1.66. The molecule has 1 heterocycles. The van der Waals surface area contributed by atoms with E-state index >= 15 is 0 Å². The van der Waals surface area contributed by atoms with E-state index in [1.54, 1.807) is 24.1 Å². The molecule has 3 rings (SSSR count). The van der Waals surface area contributed by atoms with Crippen molar-refractivity contribution in [2.45, 2.75) is 6.54 Å². The standard InChI is InChI=1S/C18H15ClN2O/c1-21(18(22)14-9-10-17(19)20-11-14)12-15-7-4-6-13-5-2-3-8-16(13)15/h2-11H,12H2,1H3. The second-order valence-electron chi connectivity index (χ2n) is 5.17. The molecule has 0 atom stereocenters. The summed E-state index contributed by atoms with van der Waals surface area (Å²) in [6.07, 6.45) is 1.50. The van der Waals surface area contributed by atoms with E-state index in [0.29, 0.717) is 17.3 Å². The van der Waals surface area contributed by atoms with Crippen LogP contribution >= 0.6 is 11.6 Å². The number of pyridine rings is 1. The van der Waals surface area contributed by atoms with Crippen molar-refractivity contribution in [2.75, 3.05) is 7.05 Å². The van der Waals surface area contributed by atoms with Crippen LogP contribution in [0.15, 0.2) is 60.8 Å². The Bertz CT molecular complexity index is 809. The van der Waals surface area contributed by atoms with Crippen LogP contribution in [-0.2, 0) is 6.54 Å². The van der Waals surface area contributed by atoms with Gasteiger partial charge in [0.05, 0.1) is 5.56 Å². The number of hydrogen-bond donors (Lipinski definition) is 0. The van der Waals surface area contributed by atoms with Gasteiger partial charge in [0.2, 0.25) is 0 Å². The zero-order valence-corrected chi connectivity index (χ0v) is 12.9. The third kappa shape index (κ3) is 2.95. The fraction of sp³-hybridized carbons (Fsp3) is 0.111. The van der Waals surface area contributed by atoms with Crippen molar-refractivity contribution in [3.63, 3.8) is 0 Å². The molecule has 0 unspecified atom stereocenters. The molecule has 0 fully saturated rings. The molecular formula is C18H15ClN2O. The molecule has 0 bridgehead atoms. The molecule has 1 amide bonds. The minimum atomic E-state index is -0.0721. The summed E-state index contributed by atoms with van der Waals surface area (Å²) in [6, 6.07) is 17.6. The van der Waals surface area contributed by atoms with Gasteiger partial charge < -0.3 is 4.90 Å². The van der Waals surface area contributed by atoms with Gasteiger partial charge in [-0.2, -0.15) is 0 Å². The molecule has 0 spiro atoms. The van der Waals surface area contributed by atoms with E-state index < -0.39 is 0 Å². The summed E-state index contributed by atoms with van der Waals surface area (Å²) in [5, 5.41) is 2.72. The minimum Gasteiger partial charge on any atom is -0.337 e. The van der Waals surface area contributed by atoms with E-state index in [1.807, 2.05) is 24.3 Å². The number of hydrogen-bond acceptors (Lipinski definition) is 2. The first-order chi connectivity index (χ1) is 10.6. The quantitative estimate of drug-likeness (QED) is 0.681. The van der Waals surface area contributed by atoms with Crippen LogP contribution in [0.4, 0.5) is 0 Å². The summed E-state index contributed by atoms with van der Waals surface area (Å²) in [5.74, 6) is -0.0721. The van der Waals surface area contributed by atoms with Crippen molar-refractivity contribution in [3.8, 4) is 0 Å². The summed E-state index contributed by atoms with van der Waals surface area (Å²) in [6.45, 7) is 0.544. The molecule has 0 saturated carbocycles. The Hall–Kier alpha value is -2.39. The molecule has 2 aromatic carbocycles. The fourth-order valence-electron chi connectivity index (χ4n) is 2.48. The van der Waals surface area contributed by atoms with Crippen molar-refractivity contribution in [1.29, 1.82) is 0 Å². The predicted octanol–water partition coefficient (Wildman–Crippen LogP) is 4.16. The summed E-state index contributed by atoms with van der Waals surface area (Å²) in [7, 11) is 1.79. The Balaban J connectivity index is 1.85. The number of halogens is 1. The Morgan fingerprint density at radius 2 is 1.86 bits per heavy atom. The van der Waals surface area contributed by atoms with Crippen LogP contribution in [0.3, 0.4) is 0 Å². The fourth-order valence-corrected chi connectivity index (χ4v) is 2.59. The molecular weight excluding hydrogens is 296 g/mol. The highest BCUT2D eigenvalue weighted by Gasteiger charge is 2.13. The maximum absolute atomic E-state index is 12.4. The van der Waals surface area contributed by atoms with Crippen LogP contribution in [0.25, 0.3) is 10.8 Å². The molecule has 1 aromatic heterocycles. The van der Waals surface area contributed by atoms with E-state index in [-0.39, 0.29) is 5.91 Å². The molecule has 0 saturated heterocycles. The lowest BCUT2D eigenvalue weighted by Crippen LogP contribution is -2.26. The van der Waals surface area contributed by atoms with Gasteiger partial charge in [-0.15, -0.1) is 0 Å². The number of benzene rings is 2. The molecule has 110 valence electrons. The van der Waals surface area contributed by atoms with Crippen LogP contribution in [0.2, 0.25) is 5.15 Å². The predicted molar refractivity (Wildman–Crippen MR) is 89.0 cm³/mol. The lowest BCUT2D eigenvalue weighted by Gasteiger charge is -2.18. The molecule has 0 aliphatic carbocycles. The molecule has 0 aliphatic heterocycles. The van der Waals surface area contributed by atoms with Crippen molar-refractivity contribution in [3.05, 3.63) is 77.1 Å². The largest absolute Gasteiger partial charge is 0.337 e. The molecule has 0 radical (unpaired) electrons. The van der Waals surface area contributed by atoms with Gasteiger partial charge in [-0.05, 0) is 28.5 Å². The van der Waals surface area contributed by atoms with Gasteiger partial charge in [-0.3, -0.25) is 4.79 Å². The van der Waals surface area contributed by atoms with E-state index in [9.17, 15) is 4.79 Å². The van der Waals surface area contributed by atoms with Crippen LogP contribution in [0.5, 0.6) is 0 Å². The Labute approximate surface area is 134 Å². The van der Waals surface area contributed by atoms with Crippen molar-refractivity contribution in [2.24, 2.45) is 0 Å². The Kier molecular flexibility index (Phi) is 4.07. The van der Waals surface area contributed by atoms with Crippen LogP contribution in [0, 0.1) is 0 Å². The first-order valence-electron chi connectivity index (χ1n) is 6.99. The van der Waals surface area contributed by atoms with E-state index in [1.165, 1.54) is 17.0 Å². The number of amides is 1. The number of carbonyl (C=O) groups excluding carboxylic acids is 1. The van der Waals surface area contributed by atoms with Gasteiger partial charge in [0.25, 0.3) is 5.91 Å². The molecule has 22 heavy (non-hydrogen) atoms. The maximum Gasteiger partial charge on any atom is 0.255 e. The van der Waals surface area contributed by atoms with Gasteiger partial charge in [0.1, 0.15) is 5.15 Å². The summed E-state index contributed by atoms with van der Waals surface area (Å²) in [4.78, 5) is 18.1. The van der Waals surface area contributed by atoms with Gasteiger partial charge in [-0.1, -0.05) is 54.1 Å². The smallest absolute Gasteiger partial charge is 0.255 e. The number of rotatable bonds is 3. The Morgan fingerprint density at radius 1 is 1.09 bits per heavy atom. The molecule has 0 aliphatic rings. The summed E-state index contributed by atoms with van der Waals surface area (Å²) < 4.78 is 0. The average molecular weight is 311 g/mol. The van der Waals surface area contributed by atoms with Gasteiger partial charge >= 0.3 is 0 Å². The lowest BCUT2D eigenvalue weighted by molar-refractivity contribution is 0.0785. The zero-order chi connectivity index (χ0) is 15.5. The van der Waals surface area contributed by atoms with Crippen LogP contribution in [0.1, 0.15) is 15.9 Å². The highest BCUT2D eigenvalue weighted by Crippen LogP contribution is 2.20. The second kappa shape index (κ2) is 6.16. The maximum atomic E-state index is 12.4. The molecule has 4 heteroatoms. The third-order valence-electron chi connectivity index (χ3n) is 3.61. The lowest BCUT2D eigenvalue weighted by atomic mass is 10.0. The highest BCUT2D eigenvalue weighted by atomic mass is 35.5. The SMILES string of the molecule is CN(Cc1cccc2ccccc12)C(=O)c1ccc(Cl)nc1. The number of nitrogens with zero attached hydrogens (tertiary/aromatic N) is 2. The van der Waals surface area contributed by atoms with Crippen molar-refractivity contribution < 1.29 is 4.79 Å². The number of carbonyl (C=O) groups is 1. The van der Waals surface area contributed by atoms with Crippen LogP contribution < -0.4 is 0 Å². The molecule has 3 aromatic rings.